The molecule has 0 aromatic heterocycles. The van der Waals surface area contributed by atoms with Gasteiger partial charge in [-0.3, -0.25) is 0 Å². The van der Waals surface area contributed by atoms with Crippen LogP contribution in [-0.2, 0) is 0 Å². The molecule has 0 bridgehead atoms. The van der Waals surface area contributed by atoms with Crippen molar-refractivity contribution in [3.8, 4) is 0 Å². The number of hydrogen-bond acceptors (Lipinski definition) is 4. The quantitative estimate of drug-likeness (QED) is 0.384. The lowest BCUT2D eigenvalue weighted by Gasteiger charge is -2.33. The Kier molecular flexibility index (Phi) is 5.07. The summed E-state index contributed by atoms with van der Waals surface area (Å²) in [5.41, 5.74) is 8.80. The van der Waals surface area contributed by atoms with E-state index in [1.165, 1.54) is 31.5 Å². The van der Waals surface area contributed by atoms with Crippen molar-refractivity contribution in [3.05, 3.63) is 29.3 Å². The molecule has 1 aromatic rings. The molecule has 3 N–H and O–H groups in total. The van der Waals surface area contributed by atoms with Gasteiger partial charge < -0.3 is 20.7 Å². The summed E-state index contributed by atoms with van der Waals surface area (Å²) in [6.45, 7) is 5.39. The Morgan fingerprint density at radius 2 is 2.10 bits per heavy atom. The fourth-order valence-corrected chi connectivity index (χ4v) is 2.96. The molecule has 1 aromatic carbocycles. The van der Waals surface area contributed by atoms with E-state index in [0.29, 0.717) is 5.92 Å². The van der Waals surface area contributed by atoms with Gasteiger partial charge in [-0.05, 0) is 63.5 Å². The van der Waals surface area contributed by atoms with Gasteiger partial charge in [0.25, 0.3) is 0 Å². The molecule has 0 aliphatic carbocycles. The predicted octanol–water partition coefficient (Wildman–Crippen LogP) is 1.87. The van der Waals surface area contributed by atoms with Crippen LogP contribution in [0.5, 0.6) is 0 Å². The Bertz CT molecular complexity index is 507. The minimum atomic E-state index is 0.167. The molecule has 2 rings (SSSR count). The maximum Gasteiger partial charge on any atom is 0.172 e. The van der Waals surface area contributed by atoms with Gasteiger partial charge in [0.15, 0.2) is 5.84 Å². The van der Waals surface area contributed by atoms with Crippen molar-refractivity contribution < 1.29 is 5.21 Å². The van der Waals surface area contributed by atoms with Gasteiger partial charge in [-0.1, -0.05) is 11.2 Å². The summed E-state index contributed by atoms with van der Waals surface area (Å²) in [6.07, 6.45) is 2.46. The molecule has 116 valence electrons. The fraction of sp³-hybridized carbons (Fsp3) is 0.562. The van der Waals surface area contributed by atoms with Crippen molar-refractivity contribution >= 4 is 11.5 Å². The Hall–Kier alpha value is -1.75. The summed E-state index contributed by atoms with van der Waals surface area (Å²) in [4.78, 5) is 4.61. The molecule has 0 saturated carbocycles. The van der Waals surface area contributed by atoms with Gasteiger partial charge >= 0.3 is 0 Å². The van der Waals surface area contributed by atoms with Gasteiger partial charge in [-0.2, -0.15) is 0 Å². The van der Waals surface area contributed by atoms with Crippen LogP contribution in [0.15, 0.2) is 23.4 Å². The molecule has 1 aliphatic rings. The smallest absolute Gasteiger partial charge is 0.172 e. The minimum absolute atomic E-state index is 0.167. The number of anilines is 1. The van der Waals surface area contributed by atoms with E-state index in [2.05, 4.69) is 42.0 Å². The third kappa shape index (κ3) is 3.88. The normalized spacial score (nSPS) is 18.0. The highest BCUT2D eigenvalue weighted by Crippen LogP contribution is 2.24. The highest BCUT2D eigenvalue weighted by atomic mass is 16.4. The number of hydrogen-bond donors (Lipinski definition) is 2. The fourth-order valence-electron chi connectivity index (χ4n) is 2.96. The van der Waals surface area contributed by atoms with E-state index in [-0.39, 0.29) is 5.84 Å². The number of rotatable bonds is 4. The number of nitrogens with zero attached hydrogens (tertiary/aromatic N) is 3. The molecule has 0 spiro atoms. The Balaban J connectivity index is 2.14. The Labute approximate surface area is 127 Å². The summed E-state index contributed by atoms with van der Waals surface area (Å²) in [5.74, 6) is 0.868. The number of likely N-dealkylation sites (tertiary alicyclic amines) is 1. The first-order chi connectivity index (χ1) is 10.0. The van der Waals surface area contributed by atoms with Gasteiger partial charge in [0.2, 0.25) is 0 Å². The van der Waals surface area contributed by atoms with E-state index < -0.39 is 0 Å². The minimum Gasteiger partial charge on any atom is -0.409 e. The molecule has 0 atom stereocenters. The predicted molar refractivity (Wildman–Crippen MR) is 87.2 cm³/mol. The number of oxime groups is 1. The van der Waals surface area contributed by atoms with Crippen molar-refractivity contribution in [2.45, 2.75) is 19.8 Å². The van der Waals surface area contributed by atoms with Crippen LogP contribution in [-0.4, -0.2) is 49.7 Å². The second-order valence-corrected chi connectivity index (χ2v) is 6.13. The number of amidine groups is 1. The van der Waals surface area contributed by atoms with Crippen LogP contribution in [0.25, 0.3) is 0 Å². The van der Waals surface area contributed by atoms with Crippen molar-refractivity contribution in [2.75, 3.05) is 38.6 Å². The number of piperidine rings is 1. The van der Waals surface area contributed by atoms with Crippen molar-refractivity contribution in [1.29, 1.82) is 0 Å². The third-order valence-corrected chi connectivity index (χ3v) is 4.32. The van der Waals surface area contributed by atoms with E-state index in [4.69, 9.17) is 10.9 Å². The second-order valence-electron chi connectivity index (χ2n) is 6.13. The van der Waals surface area contributed by atoms with Crippen LogP contribution in [0, 0.1) is 12.8 Å². The molecule has 5 nitrogen and oxygen atoms in total. The molecule has 1 heterocycles. The first kappa shape index (κ1) is 15.6. The van der Waals surface area contributed by atoms with Crippen LogP contribution in [0.2, 0.25) is 0 Å². The zero-order valence-corrected chi connectivity index (χ0v) is 13.2. The number of benzene rings is 1. The topological polar surface area (TPSA) is 65.1 Å². The zero-order valence-electron chi connectivity index (χ0n) is 13.2. The van der Waals surface area contributed by atoms with Gasteiger partial charge in [0, 0.05) is 24.8 Å². The van der Waals surface area contributed by atoms with Crippen LogP contribution < -0.4 is 10.6 Å². The molecule has 1 aliphatic heterocycles. The largest absolute Gasteiger partial charge is 0.409 e. The Morgan fingerprint density at radius 3 is 2.71 bits per heavy atom. The lowest BCUT2D eigenvalue weighted by atomic mass is 9.96. The van der Waals surface area contributed by atoms with E-state index in [0.717, 1.165) is 17.8 Å². The molecule has 1 saturated heterocycles. The lowest BCUT2D eigenvalue weighted by molar-refractivity contribution is 0.222. The number of aryl methyl sites for hydroxylation is 1. The van der Waals surface area contributed by atoms with Crippen LogP contribution in [0.4, 0.5) is 5.69 Å². The van der Waals surface area contributed by atoms with Crippen molar-refractivity contribution in [3.63, 3.8) is 0 Å². The van der Waals surface area contributed by atoms with Gasteiger partial charge in [-0.25, -0.2) is 0 Å². The summed E-state index contributed by atoms with van der Waals surface area (Å²) in [5, 5.41) is 12.1. The average molecular weight is 290 g/mol. The SMILES string of the molecule is Cc1ccc(C(N)=NO)c(N(C)CC2CCN(C)CC2)c1. The molecule has 5 heteroatoms. The molecule has 0 unspecified atom stereocenters. The van der Waals surface area contributed by atoms with Crippen molar-refractivity contribution in [1.82, 2.24) is 4.90 Å². The average Bonchev–Trinajstić information content (AvgIpc) is 2.48. The maximum atomic E-state index is 8.95. The molecule has 0 amide bonds. The van der Waals surface area contributed by atoms with E-state index in [1.54, 1.807) is 0 Å². The standard InChI is InChI=1S/C16H26N4O/c1-12-4-5-14(16(17)18-21)15(10-12)20(3)11-13-6-8-19(2)9-7-13/h4-5,10,13,21H,6-9,11H2,1-3H3,(H2,17,18). The zero-order chi connectivity index (χ0) is 15.4. The first-order valence-corrected chi connectivity index (χ1v) is 7.49. The molecular weight excluding hydrogens is 264 g/mol. The maximum absolute atomic E-state index is 8.95. The number of nitrogens with two attached hydrogens (primary N) is 1. The Morgan fingerprint density at radius 1 is 1.43 bits per heavy atom. The van der Waals surface area contributed by atoms with E-state index in [1.807, 2.05) is 12.1 Å². The molecule has 0 radical (unpaired) electrons. The lowest BCUT2D eigenvalue weighted by Crippen LogP contribution is -2.36. The van der Waals surface area contributed by atoms with Gasteiger partial charge in [0.05, 0.1) is 0 Å². The van der Waals surface area contributed by atoms with E-state index in [9.17, 15) is 0 Å². The second kappa shape index (κ2) is 6.80. The summed E-state index contributed by atoms with van der Waals surface area (Å²) in [7, 11) is 4.26. The summed E-state index contributed by atoms with van der Waals surface area (Å²) >= 11 is 0. The summed E-state index contributed by atoms with van der Waals surface area (Å²) < 4.78 is 0. The van der Waals surface area contributed by atoms with Crippen LogP contribution in [0.3, 0.4) is 0 Å². The monoisotopic (exact) mass is 290 g/mol. The summed E-state index contributed by atoms with van der Waals surface area (Å²) in [6, 6.07) is 6.01. The molecule has 1 fully saturated rings. The first-order valence-electron chi connectivity index (χ1n) is 7.49. The highest BCUT2D eigenvalue weighted by Gasteiger charge is 2.20. The third-order valence-electron chi connectivity index (χ3n) is 4.32. The van der Waals surface area contributed by atoms with Crippen LogP contribution >= 0.6 is 0 Å². The van der Waals surface area contributed by atoms with Crippen LogP contribution in [0.1, 0.15) is 24.0 Å². The van der Waals surface area contributed by atoms with Crippen molar-refractivity contribution in [2.24, 2.45) is 16.8 Å². The van der Waals surface area contributed by atoms with Gasteiger partial charge in [0.1, 0.15) is 0 Å². The molecule has 21 heavy (non-hydrogen) atoms. The highest BCUT2D eigenvalue weighted by molar-refractivity contribution is 6.02. The van der Waals surface area contributed by atoms with Gasteiger partial charge in [-0.15, -0.1) is 0 Å². The van der Waals surface area contributed by atoms with E-state index >= 15 is 0 Å². The molecular formula is C16H26N4O.